The number of rotatable bonds is 4. The van der Waals surface area contributed by atoms with Gasteiger partial charge in [-0.25, -0.2) is 4.98 Å². The number of hydrogen-bond donors (Lipinski definition) is 2. The van der Waals surface area contributed by atoms with Crippen molar-refractivity contribution in [3.63, 3.8) is 0 Å². The van der Waals surface area contributed by atoms with Crippen LogP contribution < -0.4 is 11.1 Å². The molecule has 0 spiro atoms. The van der Waals surface area contributed by atoms with E-state index in [0.717, 1.165) is 22.0 Å². The lowest BCUT2D eigenvalue weighted by atomic mass is 10.0. The third kappa shape index (κ3) is 4.15. The molecule has 2 aromatic rings. The molecule has 2 rings (SSSR count). The summed E-state index contributed by atoms with van der Waals surface area (Å²) in [5.41, 5.74) is 8.04. The molecule has 5 heteroatoms. The summed E-state index contributed by atoms with van der Waals surface area (Å²) >= 11 is 1.61. The number of aromatic nitrogens is 1. The van der Waals surface area contributed by atoms with E-state index in [4.69, 9.17) is 5.73 Å². The molecule has 1 aromatic heterocycles. The standard InChI is InChI=1S/C15H19N3OS/c1-10-17-13(9-20-10)11-5-4-6-12(7-11)18-14(19)8-15(2,3)16/h4-7,9H,8,16H2,1-3H3,(H,18,19). The van der Waals surface area contributed by atoms with Crippen LogP contribution in [0.2, 0.25) is 0 Å². The monoisotopic (exact) mass is 289 g/mol. The second-order valence-corrected chi connectivity index (χ2v) is 6.61. The van der Waals surface area contributed by atoms with Crippen molar-refractivity contribution in [1.82, 2.24) is 4.98 Å². The van der Waals surface area contributed by atoms with Crippen LogP contribution in [0.15, 0.2) is 29.6 Å². The summed E-state index contributed by atoms with van der Waals surface area (Å²) in [5, 5.41) is 5.91. The fourth-order valence-corrected chi connectivity index (χ4v) is 2.49. The average molecular weight is 289 g/mol. The minimum absolute atomic E-state index is 0.0795. The van der Waals surface area contributed by atoms with Crippen LogP contribution in [-0.4, -0.2) is 16.4 Å². The molecule has 0 unspecified atom stereocenters. The molecule has 3 N–H and O–H groups in total. The van der Waals surface area contributed by atoms with Gasteiger partial charge in [0.1, 0.15) is 0 Å². The maximum atomic E-state index is 11.9. The van der Waals surface area contributed by atoms with Crippen molar-refractivity contribution in [2.75, 3.05) is 5.32 Å². The number of aryl methyl sites for hydroxylation is 1. The Hall–Kier alpha value is -1.72. The van der Waals surface area contributed by atoms with Gasteiger partial charge in [0.2, 0.25) is 5.91 Å². The van der Waals surface area contributed by atoms with Gasteiger partial charge in [-0.1, -0.05) is 12.1 Å². The Morgan fingerprint density at radius 3 is 2.80 bits per heavy atom. The first-order valence-corrected chi connectivity index (χ1v) is 7.33. The van der Waals surface area contributed by atoms with E-state index < -0.39 is 5.54 Å². The first kappa shape index (κ1) is 14.7. The SMILES string of the molecule is Cc1nc(-c2cccc(NC(=O)CC(C)(C)N)c2)cs1. The lowest BCUT2D eigenvalue weighted by Gasteiger charge is -2.17. The number of benzene rings is 1. The molecule has 0 atom stereocenters. The molecular weight excluding hydrogens is 270 g/mol. The highest BCUT2D eigenvalue weighted by Crippen LogP contribution is 2.24. The van der Waals surface area contributed by atoms with Crippen LogP contribution in [0.5, 0.6) is 0 Å². The molecule has 0 saturated heterocycles. The molecule has 0 saturated carbocycles. The molecule has 0 aliphatic carbocycles. The van der Waals surface area contributed by atoms with Crippen LogP contribution in [-0.2, 0) is 4.79 Å². The molecule has 106 valence electrons. The van der Waals surface area contributed by atoms with Gasteiger partial charge in [0.25, 0.3) is 0 Å². The van der Waals surface area contributed by atoms with Crippen LogP contribution in [0.4, 0.5) is 5.69 Å². The van der Waals surface area contributed by atoms with E-state index in [-0.39, 0.29) is 12.3 Å². The van der Waals surface area contributed by atoms with Gasteiger partial charge in [-0.15, -0.1) is 11.3 Å². The third-order valence-electron chi connectivity index (χ3n) is 2.68. The number of amides is 1. The van der Waals surface area contributed by atoms with Crippen molar-refractivity contribution in [3.8, 4) is 11.3 Å². The summed E-state index contributed by atoms with van der Waals surface area (Å²) in [7, 11) is 0. The van der Waals surface area contributed by atoms with E-state index in [1.54, 1.807) is 11.3 Å². The van der Waals surface area contributed by atoms with Crippen molar-refractivity contribution < 1.29 is 4.79 Å². The van der Waals surface area contributed by atoms with Crippen LogP contribution in [0.3, 0.4) is 0 Å². The first-order valence-electron chi connectivity index (χ1n) is 6.45. The summed E-state index contributed by atoms with van der Waals surface area (Å²) in [4.78, 5) is 16.3. The minimum atomic E-state index is -0.506. The Kier molecular flexibility index (Phi) is 4.20. The molecule has 1 amide bonds. The zero-order valence-electron chi connectivity index (χ0n) is 11.9. The zero-order valence-corrected chi connectivity index (χ0v) is 12.8. The quantitative estimate of drug-likeness (QED) is 0.908. The number of anilines is 1. The molecule has 0 radical (unpaired) electrons. The minimum Gasteiger partial charge on any atom is -0.326 e. The Morgan fingerprint density at radius 2 is 2.20 bits per heavy atom. The Labute approximate surface area is 123 Å². The highest BCUT2D eigenvalue weighted by Gasteiger charge is 2.16. The van der Waals surface area contributed by atoms with E-state index in [2.05, 4.69) is 10.3 Å². The second kappa shape index (κ2) is 5.73. The lowest BCUT2D eigenvalue weighted by molar-refractivity contribution is -0.117. The van der Waals surface area contributed by atoms with Gasteiger partial charge in [-0.05, 0) is 32.9 Å². The van der Waals surface area contributed by atoms with E-state index >= 15 is 0 Å². The normalized spacial score (nSPS) is 11.4. The van der Waals surface area contributed by atoms with Gasteiger partial charge < -0.3 is 11.1 Å². The summed E-state index contributed by atoms with van der Waals surface area (Å²) in [6.45, 7) is 5.64. The van der Waals surface area contributed by atoms with Gasteiger partial charge in [0, 0.05) is 28.6 Å². The Morgan fingerprint density at radius 1 is 1.45 bits per heavy atom. The molecule has 0 aliphatic rings. The third-order valence-corrected chi connectivity index (χ3v) is 3.45. The van der Waals surface area contributed by atoms with Crippen molar-refractivity contribution in [2.45, 2.75) is 32.7 Å². The van der Waals surface area contributed by atoms with Gasteiger partial charge in [0.05, 0.1) is 10.7 Å². The molecule has 0 aliphatic heterocycles. The smallest absolute Gasteiger partial charge is 0.226 e. The van der Waals surface area contributed by atoms with Crippen molar-refractivity contribution in [2.24, 2.45) is 5.73 Å². The van der Waals surface area contributed by atoms with Gasteiger partial charge in [-0.3, -0.25) is 4.79 Å². The summed E-state index contributed by atoms with van der Waals surface area (Å²) < 4.78 is 0. The number of carbonyl (C=O) groups excluding carboxylic acids is 1. The fourth-order valence-electron chi connectivity index (χ4n) is 1.87. The number of nitrogens with two attached hydrogens (primary N) is 1. The van der Waals surface area contributed by atoms with Crippen LogP contribution in [0, 0.1) is 6.92 Å². The summed E-state index contributed by atoms with van der Waals surface area (Å²) in [6, 6.07) is 7.68. The maximum absolute atomic E-state index is 11.9. The Balaban J connectivity index is 2.12. The molecule has 4 nitrogen and oxygen atoms in total. The van der Waals surface area contributed by atoms with Crippen molar-refractivity contribution in [1.29, 1.82) is 0 Å². The van der Waals surface area contributed by atoms with E-state index in [1.165, 1.54) is 0 Å². The molecule has 1 heterocycles. The maximum Gasteiger partial charge on any atom is 0.226 e. The highest BCUT2D eigenvalue weighted by molar-refractivity contribution is 7.09. The molecule has 1 aromatic carbocycles. The van der Waals surface area contributed by atoms with Gasteiger partial charge >= 0.3 is 0 Å². The second-order valence-electron chi connectivity index (χ2n) is 5.55. The predicted octanol–water partition coefficient (Wildman–Crippen LogP) is 3.18. The topological polar surface area (TPSA) is 68.0 Å². The molecular formula is C15H19N3OS. The van der Waals surface area contributed by atoms with E-state index in [0.29, 0.717) is 0 Å². The fraction of sp³-hybridized carbons (Fsp3) is 0.333. The molecule has 0 fully saturated rings. The van der Waals surface area contributed by atoms with Gasteiger partial charge in [0.15, 0.2) is 0 Å². The number of hydrogen-bond acceptors (Lipinski definition) is 4. The van der Waals surface area contributed by atoms with Crippen molar-refractivity contribution in [3.05, 3.63) is 34.7 Å². The average Bonchev–Trinajstić information content (AvgIpc) is 2.73. The highest BCUT2D eigenvalue weighted by atomic mass is 32.1. The number of nitrogens with zero attached hydrogens (tertiary/aromatic N) is 1. The van der Waals surface area contributed by atoms with E-state index in [9.17, 15) is 4.79 Å². The number of nitrogens with one attached hydrogen (secondary N) is 1. The van der Waals surface area contributed by atoms with Crippen LogP contribution >= 0.6 is 11.3 Å². The van der Waals surface area contributed by atoms with Crippen LogP contribution in [0.25, 0.3) is 11.3 Å². The zero-order chi connectivity index (χ0) is 14.8. The number of carbonyl (C=O) groups is 1. The largest absolute Gasteiger partial charge is 0.326 e. The summed E-state index contributed by atoms with van der Waals surface area (Å²) in [6.07, 6.45) is 0.285. The lowest BCUT2D eigenvalue weighted by Crippen LogP contribution is -2.36. The van der Waals surface area contributed by atoms with Crippen molar-refractivity contribution >= 4 is 22.9 Å². The number of thiazole rings is 1. The predicted molar refractivity (Wildman–Crippen MR) is 83.8 cm³/mol. The van der Waals surface area contributed by atoms with Gasteiger partial charge in [-0.2, -0.15) is 0 Å². The molecule has 20 heavy (non-hydrogen) atoms. The Bertz CT molecular complexity index is 614. The van der Waals surface area contributed by atoms with Crippen LogP contribution in [0.1, 0.15) is 25.3 Å². The van der Waals surface area contributed by atoms with E-state index in [1.807, 2.05) is 50.4 Å². The first-order chi connectivity index (χ1) is 9.33. The molecule has 0 bridgehead atoms. The summed E-state index contributed by atoms with van der Waals surface area (Å²) in [5.74, 6) is -0.0795.